The fourth-order valence-corrected chi connectivity index (χ4v) is 5.97. The van der Waals surface area contributed by atoms with Crippen LogP contribution in [0.5, 0.6) is 5.75 Å². The molecule has 0 amide bonds. The van der Waals surface area contributed by atoms with Crippen molar-refractivity contribution in [3.63, 3.8) is 0 Å². The molecule has 3 aromatic heterocycles. The molecule has 37 heavy (non-hydrogen) atoms. The maximum atomic E-state index is 12.7. The number of aromatic nitrogens is 3. The van der Waals surface area contributed by atoms with E-state index in [0.717, 1.165) is 28.4 Å². The van der Waals surface area contributed by atoms with Gasteiger partial charge in [-0.05, 0) is 86.0 Å². The van der Waals surface area contributed by atoms with Crippen LogP contribution >= 0.6 is 0 Å². The molecule has 4 aromatic rings. The minimum Gasteiger partial charge on any atom is -0.495 e. The number of methoxy groups -OCH3 is 1. The second kappa shape index (κ2) is 10.3. The van der Waals surface area contributed by atoms with Gasteiger partial charge in [-0.1, -0.05) is 25.0 Å². The minimum atomic E-state index is -0.173. The van der Waals surface area contributed by atoms with E-state index in [9.17, 15) is 4.79 Å². The van der Waals surface area contributed by atoms with Gasteiger partial charge in [-0.15, -0.1) is 0 Å². The largest absolute Gasteiger partial charge is 0.495 e. The first-order valence-electron chi connectivity index (χ1n) is 13.3. The molecule has 0 radical (unpaired) electrons. The summed E-state index contributed by atoms with van der Waals surface area (Å²) in [5.74, 6) is 1.79. The second-order valence-corrected chi connectivity index (χ2v) is 10.2. The monoisotopic (exact) mass is 495 g/mol. The van der Waals surface area contributed by atoms with Crippen LogP contribution < -0.4 is 15.6 Å². The zero-order valence-electron chi connectivity index (χ0n) is 21.2. The predicted octanol–water partition coefficient (Wildman–Crippen LogP) is 5.86. The van der Waals surface area contributed by atoms with Crippen molar-refractivity contribution < 1.29 is 4.74 Å². The number of fused-ring (bicyclic) bond motifs is 1. The molecule has 1 aromatic carbocycles. The van der Waals surface area contributed by atoms with E-state index in [2.05, 4.69) is 44.5 Å². The van der Waals surface area contributed by atoms with E-state index < -0.39 is 0 Å². The number of piperidine rings is 1. The summed E-state index contributed by atoms with van der Waals surface area (Å²) in [6.07, 6.45) is 13.1. The van der Waals surface area contributed by atoms with Crippen LogP contribution in [-0.2, 0) is 0 Å². The Morgan fingerprint density at radius 2 is 1.78 bits per heavy atom. The van der Waals surface area contributed by atoms with Crippen LogP contribution in [0.4, 0.5) is 11.5 Å². The summed E-state index contributed by atoms with van der Waals surface area (Å²) in [6.45, 7) is 2.42. The van der Waals surface area contributed by atoms with Crippen LogP contribution in [0.3, 0.4) is 0 Å². The zero-order valence-corrected chi connectivity index (χ0v) is 21.2. The lowest BCUT2D eigenvalue weighted by molar-refractivity contribution is 0.154. The van der Waals surface area contributed by atoms with E-state index in [1.807, 2.05) is 18.2 Å². The number of aromatic amines is 1. The number of benzene rings is 1. The SMILES string of the molecule is COc1cncc(-c2cc3cc[nH]c(=O)c3c(Nc3ccc(C4CCN(C5CCCC5)CC4)cc3)n2)c1. The van der Waals surface area contributed by atoms with Gasteiger partial charge in [0.05, 0.1) is 24.4 Å². The van der Waals surface area contributed by atoms with Gasteiger partial charge in [-0.2, -0.15) is 0 Å². The van der Waals surface area contributed by atoms with Crippen molar-refractivity contribution >= 4 is 22.3 Å². The Morgan fingerprint density at radius 3 is 2.54 bits per heavy atom. The Hall–Kier alpha value is -3.71. The summed E-state index contributed by atoms with van der Waals surface area (Å²) < 4.78 is 5.34. The molecule has 1 aliphatic heterocycles. The number of ether oxygens (including phenoxy) is 1. The number of rotatable bonds is 6. The van der Waals surface area contributed by atoms with Gasteiger partial charge in [-0.25, -0.2) is 4.98 Å². The molecule has 7 heteroatoms. The third-order valence-corrected chi connectivity index (χ3v) is 8.01. The van der Waals surface area contributed by atoms with Gasteiger partial charge in [0.1, 0.15) is 11.6 Å². The molecule has 0 unspecified atom stereocenters. The summed E-state index contributed by atoms with van der Waals surface area (Å²) in [5.41, 5.74) is 3.67. The molecule has 6 rings (SSSR count). The van der Waals surface area contributed by atoms with Crippen molar-refractivity contribution in [1.82, 2.24) is 19.9 Å². The van der Waals surface area contributed by atoms with Gasteiger partial charge < -0.3 is 19.9 Å². The van der Waals surface area contributed by atoms with E-state index in [0.29, 0.717) is 22.9 Å². The zero-order chi connectivity index (χ0) is 25.2. The Bertz CT molecular complexity index is 1430. The molecule has 1 saturated carbocycles. The van der Waals surface area contributed by atoms with E-state index in [1.165, 1.54) is 57.2 Å². The number of hydrogen-bond donors (Lipinski definition) is 2. The molecule has 7 nitrogen and oxygen atoms in total. The summed E-state index contributed by atoms with van der Waals surface area (Å²) >= 11 is 0. The quantitative estimate of drug-likeness (QED) is 0.349. The van der Waals surface area contributed by atoms with Crippen LogP contribution in [0.15, 0.2) is 65.8 Å². The van der Waals surface area contributed by atoms with Crippen LogP contribution in [0.1, 0.15) is 50.0 Å². The summed E-state index contributed by atoms with van der Waals surface area (Å²) in [4.78, 5) is 27.3. The number of likely N-dealkylation sites (tertiary alicyclic amines) is 1. The number of pyridine rings is 3. The minimum absolute atomic E-state index is 0.173. The normalized spacial score (nSPS) is 17.3. The molecule has 1 aliphatic carbocycles. The van der Waals surface area contributed by atoms with Crippen molar-refractivity contribution in [2.75, 3.05) is 25.5 Å². The van der Waals surface area contributed by atoms with E-state index in [-0.39, 0.29) is 5.56 Å². The highest BCUT2D eigenvalue weighted by atomic mass is 16.5. The Morgan fingerprint density at radius 1 is 1.00 bits per heavy atom. The molecule has 190 valence electrons. The third-order valence-electron chi connectivity index (χ3n) is 8.01. The van der Waals surface area contributed by atoms with Gasteiger partial charge in [0.25, 0.3) is 5.56 Å². The average Bonchev–Trinajstić information content (AvgIpc) is 3.49. The van der Waals surface area contributed by atoms with Gasteiger partial charge in [-0.3, -0.25) is 9.78 Å². The number of anilines is 2. The Labute approximate surface area is 216 Å². The predicted molar refractivity (Wildman–Crippen MR) is 148 cm³/mol. The third kappa shape index (κ3) is 4.96. The van der Waals surface area contributed by atoms with Crippen LogP contribution in [0.25, 0.3) is 22.0 Å². The van der Waals surface area contributed by atoms with Gasteiger partial charge in [0, 0.05) is 29.7 Å². The lowest BCUT2D eigenvalue weighted by Gasteiger charge is -2.36. The molecular formula is C30H33N5O2. The molecule has 2 N–H and O–H groups in total. The van der Waals surface area contributed by atoms with Crippen LogP contribution in [-0.4, -0.2) is 46.1 Å². The average molecular weight is 496 g/mol. The highest BCUT2D eigenvalue weighted by Crippen LogP contribution is 2.34. The molecular weight excluding hydrogens is 462 g/mol. The van der Waals surface area contributed by atoms with Crippen molar-refractivity contribution in [1.29, 1.82) is 0 Å². The molecule has 0 spiro atoms. The Balaban J connectivity index is 1.24. The highest BCUT2D eigenvalue weighted by molar-refractivity contribution is 5.95. The number of nitrogens with one attached hydrogen (secondary N) is 2. The topological polar surface area (TPSA) is 83.1 Å². The second-order valence-electron chi connectivity index (χ2n) is 10.2. The van der Waals surface area contributed by atoms with E-state index in [1.54, 1.807) is 25.7 Å². The fourth-order valence-electron chi connectivity index (χ4n) is 5.97. The fraction of sp³-hybridized carbons (Fsp3) is 0.367. The van der Waals surface area contributed by atoms with Crippen molar-refractivity contribution in [2.45, 2.75) is 50.5 Å². The van der Waals surface area contributed by atoms with Gasteiger partial charge >= 0.3 is 0 Å². The first-order chi connectivity index (χ1) is 18.2. The number of hydrogen-bond acceptors (Lipinski definition) is 6. The number of nitrogens with zero attached hydrogens (tertiary/aromatic N) is 3. The molecule has 2 aliphatic rings. The molecule has 0 bridgehead atoms. The first-order valence-corrected chi connectivity index (χ1v) is 13.3. The smallest absolute Gasteiger partial charge is 0.259 e. The van der Waals surface area contributed by atoms with Crippen molar-refractivity contribution in [3.8, 4) is 17.0 Å². The first kappa shape index (κ1) is 23.7. The lowest BCUT2D eigenvalue weighted by Crippen LogP contribution is -2.39. The van der Waals surface area contributed by atoms with E-state index >= 15 is 0 Å². The summed E-state index contributed by atoms with van der Waals surface area (Å²) in [7, 11) is 1.61. The highest BCUT2D eigenvalue weighted by Gasteiger charge is 2.27. The molecule has 4 heterocycles. The molecule has 0 atom stereocenters. The van der Waals surface area contributed by atoms with Gasteiger partial charge in [0.2, 0.25) is 0 Å². The van der Waals surface area contributed by atoms with Crippen molar-refractivity contribution in [3.05, 3.63) is 77.0 Å². The summed E-state index contributed by atoms with van der Waals surface area (Å²) in [5, 5.41) is 4.75. The van der Waals surface area contributed by atoms with Gasteiger partial charge in [0.15, 0.2) is 0 Å². The van der Waals surface area contributed by atoms with Crippen molar-refractivity contribution in [2.24, 2.45) is 0 Å². The standard InChI is InChI=1S/C30H33N5O2/c1-37-26-16-23(18-31-19-26)27-17-22-10-13-32-30(36)28(22)29(34-27)33-24-8-6-20(7-9-24)21-11-14-35(15-12-21)25-4-2-3-5-25/h6-10,13,16-19,21,25H,2-5,11-12,14-15H2,1H3,(H,32,36)(H,33,34). The lowest BCUT2D eigenvalue weighted by atomic mass is 9.88. The Kier molecular flexibility index (Phi) is 6.62. The molecule has 2 fully saturated rings. The maximum absolute atomic E-state index is 12.7. The summed E-state index contributed by atoms with van der Waals surface area (Å²) in [6, 6.07) is 15.2. The molecule has 1 saturated heterocycles. The maximum Gasteiger partial charge on any atom is 0.259 e. The van der Waals surface area contributed by atoms with Crippen LogP contribution in [0, 0.1) is 0 Å². The van der Waals surface area contributed by atoms with E-state index in [4.69, 9.17) is 9.72 Å². The number of H-pyrrole nitrogens is 1. The van der Waals surface area contributed by atoms with Crippen LogP contribution in [0.2, 0.25) is 0 Å².